The van der Waals surface area contributed by atoms with Crippen LogP contribution in [0.15, 0.2) is 5.16 Å². The van der Waals surface area contributed by atoms with Crippen LogP contribution in [0.2, 0.25) is 0 Å². The molecule has 1 fully saturated rings. The fourth-order valence-corrected chi connectivity index (χ4v) is 2.22. The fourth-order valence-electron chi connectivity index (χ4n) is 2.22. The molecule has 0 radical (unpaired) electrons. The average molecular weight is 269 g/mol. The van der Waals surface area contributed by atoms with Gasteiger partial charge in [0.15, 0.2) is 5.84 Å². The van der Waals surface area contributed by atoms with Gasteiger partial charge in [0, 0.05) is 6.54 Å². The fraction of sp³-hybridized carbons (Fsp3) is 0.857. The molecule has 0 saturated heterocycles. The quantitative estimate of drug-likeness (QED) is 0.197. The molecule has 1 saturated carbocycles. The van der Waals surface area contributed by atoms with Crippen LogP contribution in [-0.4, -0.2) is 23.5 Å². The van der Waals surface area contributed by atoms with Crippen LogP contribution in [0, 0.1) is 11.3 Å². The van der Waals surface area contributed by atoms with Gasteiger partial charge in [-0.15, -0.1) is 0 Å². The number of hydrogen-bond donors (Lipinski definition) is 3. The molecule has 0 unspecified atom stereocenters. The molecular weight excluding hydrogens is 242 g/mol. The van der Waals surface area contributed by atoms with Gasteiger partial charge in [-0.05, 0) is 25.2 Å². The summed E-state index contributed by atoms with van der Waals surface area (Å²) in [5, 5.41) is 14.5. The number of hydrogen-bond acceptors (Lipinski definition) is 3. The van der Waals surface area contributed by atoms with Crippen molar-refractivity contribution in [3.63, 3.8) is 0 Å². The molecule has 4 N–H and O–H groups in total. The van der Waals surface area contributed by atoms with Gasteiger partial charge in [0.25, 0.3) is 0 Å². The third-order valence-electron chi connectivity index (χ3n) is 3.78. The molecule has 0 spiro atoms. The standard InChI is InChI=1S/C14H27N3O2/c1-11(2)7-5-3-4-6-10-16-13(18)14(8-9-14)12(15)17-19/h11,19H,3-10H2,1-2H3,(H2,15,17)(H,16,18). The van der Waals surface area contributed by atoms with Crippen LogP contribution >= 0.6 is 0 Å². The van der Waals surface area contributed by atoms with E-state index < -0.39 is 5.41 Å². The zero-order chi connectivity index (χ0) is 14.3. The molecule has 1 amide bonds. The molecule has 1 aliphatic carbocycles. The van der Waals surface area contributed by atoms with E-state index in [0.29, 0.717) is 19.4 Å². The molecule has 1 aliphatic rings. The summed E-state index contributed by atoms with van der Waals surface area (Å²) in [6, 6.07) is 0. The minimum absolute atomic E-state index is 0.0435. The summed E-state index contributed by atoms with van der Waals surface area (Å²) < 4.78 is 0. The molecular formula is C14H27N3O2. The zero-order valence-electron chi connectivity index (χ0n) is 12.1. The Kier molecular flexibility index (Phi) is 6.12. The lowest BCUT2D eigenvalue weighted by Gasteiger charge is -2.13. The monoisotopic (exact) mass is 269 g/mol. The Hall–Kier alpha value is -1.26. The van der Waals surface area contributed by atoms with Crippen molar-refractivity contribution in [1.29, 1.82) is 0 Å². The molecule has 110 valence electrons. The van der Waals surface area contributed by atoms with E-state index in [1.54, 1.807) is 0 Å². The van der Waals surface area contributed by atoms with E-state index >= 15 is 0 Å². The van der Waals surface area contributed by atoms with Gasteiger partial charge in [-0.25, -0.2) is 0 Å². The number of nitrogens with one attached hydrogen (secondary N) is 1. The van der Waals surface area contributed by atoms with Gasteiger partial charge in [-0.2, -0.15) is 0 Å². The Balaban J connectivity index is 2.09. The highest BCUT2D eigenvalue weighted by Gasteiger charge is 2.53. The highest BCUT2D eigenvalue weighted by atomic mass is 16.4. The van der Waals surface area contributed by atoms with E-state index in [2.05, 4.69) is 24.3 Å². The van der Waals surface area contributed by atoms with Crippen LogP contribution in [-0.2, 0) is 4.79 Å². The second-order valence-corrected chi connectivity index (χ2v) is 5.92. The van der Waals surface area contributed by atoms with Crippen molar-refractivity contribution in [2.24, 2.45) is 22.2 Å². The first kappa shape index (κ1) is 15.8. The van der Waals surface area contributed by atoms with Gasteiger partial charge in [0.05, 0.1) is 0 Å². The SMILES string of the molecule is CC(C)CCCCCCNC(=O)C1(C(N)=NO)CC1. The molecule has 0 atom stereocenters. The number of rotatable bonds is 9. The van der Waals surface area contributed by atoms with Crippen molar-refractivity contribution in [2.75, 3.05) is 6.54 Å². The number of nitrogens with zero attached hydrogens (tertiary/aromatic N) is 1. The molecule has 5 nitrogen and oxygen atoms in total. The minimum Gasteiger partial charge on any atom is -0.409 e. The maximum atomic E-state index is 11.9. The van der Waals surface area contributed by atoms with Crippen LogP contribution in [0.4, 0.5) is 0 Å². The number of unbranched alkanes of at least 4 members (excludes halogenated alkanes) is 3. The van der Waals surface area contributed by atoms with Crippen molar-refractivity contribution < 1.29 is 10.0 Å². The molecule has 0 bridgehead atoms. The second-order valence-electron chi connectivity index (χ2n) is 5.92. The third-order valence-corrected chi connectivity index (χ3v) is 3.78. The summed E-state index contributed by atoms with van der Waals surface area (Å²) in [6.07, 6.45) is 7.27. The summed E-state index contributed by atoms with van der Waals surface area (Å²) in [5.41, 5.74) is 4.84. The smallest absolute Gasteiger partial charge is 0.233 e. The summed E-state index contributed by atoms with van der Waals surface area (Å²) >= 11 is 0. The Morgan fingerprint density at radius 2 is 1.95 bits per heavy atom. The Morgan fingerprint density at radius 1 is 1.32 bits per heavy atom. The zero-order valence-corrected chi connectivity index (χ0v) is 12.1. The summed E-state index contributed by atoms with van der Waals surface area (Å²) in [4.78, 5) is 11.9. The molecule has 0 aromatic carbocycles. The lowest BCUT2D eigenvalue weighted by atomic mass is 10.0. The van der Waals surface area contributed by atoms with Crippen molar-refractivity contribution in [3.05, 3.63) is 0 Å². The molecule has 0 aromatic rings. The van der Waals surface area contributed by atoms with E-state index in [-0.39, 0.29) is 11.7 Å². The first-order chi connectivity index (χ1) is 9.03. The number of amidine groups is 1. The number of nitrogens with two attached hydrogens (primary N) is 1. The molecule has 0 aliphatic heterocycles. The summed E-state index contributed by atoms with van der Waals surface area (Å²) in [7, 11) is 0. The Labute approximate surface area is 115 Å². The lowest BCUT2D eigenvalue weighted by molar-refractivity contribution is -0.124. The van der Waals surface area contributed by atoms with Crippen LogP contribution < -0.4 is 11.1 Å². The highest BCUT2D eigenvalue weighted by molar-refractivity contribution is 6.09. The molecule has 0 aromatic heterocycles. The largest absolute Gasteiger partial charge is 0.409 e. The molecule has 5 heteroatoms. The number of amides is 1. The maximum Gasteiger partial charge on any atom is 0.233 e. The molecule has 19 heavy (non-hydrogen) atoms. The lowest BCUT2D eigenvalue weighted by Crippen LogP contribution is -2.41. The maximum absolute atomic E-state index is 11.9. The minimum atomic E-state index is -0.716. The third kappa shape index (κ3) is 4.73. The topological polar surface area (TPSA) is 87.7 Å². The van der Waals surface area contributed by atoms with Crippen molar-refractivity contribution in [2.45, 2.75) is 58.8 Å². The van der Waals surface area contributed by atoms with E-state index in [4.69, 9.17) is 10.9 Å². The van der Waals surface area contributed by atoms with E-state index in [1.807, 2.05) is 0 Å². The average Bonchev–Trinajstić information content (AvgIpc) is 3.17. The predicted octanol–water partition coefficient (Wildman–Crippen LogP) is 2.24. The predicted molar refractivity (Wildman–Crippen MR) is 76.0 cm³/mol. The second kappa shape index (κ2) is 7.36. The number of oxime groups is 1. The normalized spacial score (nSPS) is 17.5. The molecule has 0 heterocycles. The summed E-state index contributed by atoms with van der Waals surface area (Å²) in [6.45, 7) is 5.16. The van der Waals surface area contributed by atoms with Crippen LogP contribution in [0.5, 0.6) is 0 Å². The van der Waals surface area contributed by atoms with Crippen LogP contribution in [0.3, 0.4) is 0 Å². The van der Waals surface area contributed by atoms with E-state index in [9.17, 15) is 4.79 Å². The van der Waals surface area contributed by atoms with E-state index in [0.717, 1.165) is 18.8 Å². The first-order valence-corrected chi connectivity index (χ1v) is 7.29. The van der Waals surface area contributed by atoms with Crippen molar-refractivity contribution in [1.82, 2.24) is 5.32 Å². The molecule has 1 rings (SSSR count). The highest BCUT2D eigenvalue weighted by Crippen LogP contribution is 2.45. The summed E-state index contributed by atoms with van der Waals surface area (Å²) in [5.74, 6) is 0.724. The van der Waals surface area contributed by atoms with Crippen molar-refractivity contribution in [3.8, 4) is 0 Å². The number of carbonyl (C=O) groups is 1. The van der Waals surface area contributed by atoms with Gasteiger partial charge < -0.3 is 16.3 Å². The van der Waals surface area contributed by atoms with Gasteiger partial charge in [0.2, 0.25) is 5.91 Å². The van der Waals surface area contributed by atoms with Gasteiger partial charge in [-0.1, -0.05) is 44.7 Å². The Bertz CT molecular complexity index is 323. The number of carbonyl (C=O) groups excluding carboxylic acids is 1. The van der Waals surface area contributed by atoms with Crippen molar-refractivity contribution >= 4 is 11.7 Å². The van der Waals surface area contributed by atoms with Gasteiger partial charge in [0.1, 0.15) is 5.41 Å². The van der Waals surface area contributed by atoms with Crippen LogP contribution in [0.1, 0.15) is 58.8 Å². The van der Waals surface area contributed by atoms with Gasteiger partial charge in [-0.3, -0.25) is 4.79 Å². The Morgan fingerprint density at radius 3 is 2.47 bits per heavy atom. The van der Waals surface area contributed by atoms with Gasteiger partial charge >= 0.3 is 0 Å². The first-order valence-electron chi connectivity index (χ1n) is 7.29. The van der Waals surface area contributed by atoms with E-state index in [1.165, 1.54) is 19.3 Å². The van der Waals surface area contributed by atoms with Crippen LogP contribution in [0.25, 0.3) is 0 Å².